The molecule has 0 unspecified atom stereocenters. The monoisotopic (exact) mass is 839 g/mol. The molecule has 0 atom stereocenters. The summed E-state index contributed by atoms with van der Waals surface area (Å²) in [5.74, 6) is 3.29. The number of fused-ring (bicyclic) bond motifs is 4. The van der Waals surface area contributed by atoms with Crippen LogP contribution in [0.2, 0.25) is 0 Å². The molecule has 3 heterocycles. The van der Waals surface area contributed by atoms with E-state index in [0.717, 1.165) is 84.6 Å². The van der Waals surface area contributed by atoms with Crippen LogP contribution >= 0.6 is 11.8 Å². The van der Waals surface area contributed by atoms with Crippen molar-refractivity contribution >= 4 is 45.9 Å². The van der Waals surface area contributed by atoms with Gasteiger partial charge in [0.1, 0.15) is 0 Å². The molecule has 12 rings (SSSR count). The van der Waals surface area contributed by atoms with Crippen molar-refractivity contribution in [2.75, 3.05) is 9.80 Å². The van der Waals surface area contributed by atoms with Crippen LogP contribution in [0.3, 0.4) is 0 Å². The van der Waals surface area contributed by atoms with Gasteiger partial charge in [0.2, 0.25) is 0 Å². The lowest BCUT2D eigenvalue weighted by Crippen LogP contribution is -2.18. The van der Waals surface area contributed by atoms with Gasteiger partial charge in [-0.1, -0.05) is 169 Å². The van der Waals surface area contributed by atoms with Gasteiger partial charge in [-0.2, -0.15) is 0 Å². The quantitative estimate of drug-likeness (QED) is 0.158. The third-order valence-electron chi connectivity index (χ3n) is 11.7. The highest BCUT2D eigenvalue weighted by Crippen LogP contribution is 2.55. The third kappa shape index (κ3) is 6.85. The first-order valence-electron chi connectivity index (χ1n) is 21.3. The van der Waals surface area contributed by atoms with Gasteiger partial charge < -0.3 is 14.5 Å². The minimum atomic E-state index is 0.560. The second kappa shape index (κ2) is 15.9. The summed E-state index contributed by atoms with van der Waals surface area (Å²) < 4.78 is 6.50. The molecule has 302 valence electrons. The Morgan fingerprint density at radius 2 is 0.641 bits per heavy atom. The van der Waals surface area contributed by atoms with Crippen LogP contribution in [0.25, 0.3) is 56.4 Å². The Labute approximate surface area is 375 Å². The van der Waals surface area contributed by atoms with Gasteiger partial charge in [0.05, 0.1) is 22.7 Å². The molecule has 6 nitrogen and oxygen atoms in total. The minimum Gasteiger partial charge on any atom is -0.453 e. The van der Waals surface area contributed by atoms with Crippen molar-refractivity contribution in [1.29, 1.82) is 0 Å². The van der Waals surface area contributed by atoms with Gasteiger partial charge in [-0.05, 0) is 89.0 Å². The highest BCUT2D eigenvalue weighted by Gasteiger charge is 2.30. The van der Waals surface area contributed by atoms with E-state index in [1.165, 1.54) is 9.79 Å². The van der Waals surface area contributed by atoms with E-state index in [2.05, 4.69) is 198 Å². The molecule has 7 heteroatoms. The van der Waals surface area contributed by atoms with Crippen molar-refractivity contribution in [2.45, 2.75) is 9.79 Å². The normalized spacial score (nSPS) is 12.4. The van der Waals surface area contributed by atoms with E-state index in [4.69, 9.17) is 19.7 Å². The van der Waals surface area contributed by atoms with E-state index >= 15 is 0 Å². The summed E-state index contributed by atoms with van der Waals surface area (Å²) in [6, 6.07) is 78.1. The Hall–Kier alpha value is -8.26. The van der Waals surface area contributed by atoms with Gasteiger partial charge in [-0.15, -0.1) is 0 Å². The molecule has 0 bridgehead atoms. The molecule has 0 N–H and O–H groups in total. The van der Waals surface area contributed by atoms with Gasteiger partial charge in [-0.3, -0.25) is 0 Å². The van der Waals surface area contributed by atoms with Gasteiger partial charge in [-0.25, -0.2) is 15.0 Å². The fourth-order valence-corrected chi connectivity index (χ4v) is 9.65. The number of aromatic nitrogens is 3. The average Bonchev–Trinajstić information content (AvgIpc) is 3.37. The maximum atomic E-state index is 6.50. The van der Waals surface area contributed by atoms with Crippen LogP contribution in [0.5, 0.6) is 11.5 Å². The number of hydrogen-bond acceptors (Lipinski definition) is 7. The molecule has 0 amide bonds. The van der Waals surface area contributed by atoms with E-state index in [-0.39, 0.29) is 0 Å². The van der Waals surface area contributed by atoms with Crippen molar-refractivity contribution in [2.24, 2.45) is 0 Å². The number of benzene rings is 9. The highest BCUT2D eigenvalue weighted by atomic mass is 32.2. The van der Waals surface area contributed by atoms with E-state index in [1.54, 1.807) is 11.8 Å². The molecule has 2 aliphatic rings. The molecule has 0 saturated carbocycles. The Kier molecular flexibility index (Phi) is 9.31. The molecule has 0 radical (unpaired) electrons. The highest BCUT2D eigenvalue weighted by molar-refractivity contribution is 7.99. The standard InChI is InChI=1S/C57H37N5OS/c1-3-15-38(16-4-1)40-27-31-42(32-28-40)55-58-56(43-33-29-41(30-34-43)39-17-5-2-6-18-39)60-57(59-55)44-35-45(61-47-19-7-11-23-51(47)63-52-24-12-8-20-48(52)61)37-46(36-44)62-49-21-9-13-25-53(49)64-54-26-14-10-22-50(54)62/h1-37H. The fourth-order valence-electron chi connectivity index (χ4n) is 8.60. The van der Waals surface area contributed by atoms with Gasteiger partial charge >= 0.3 is 0 Å². The van der Waals surface area contributed by atoms with Crippen LogP contribution in [0.15, 0.2) is 234 Å². The molecule has 0 aliphatic carbocycles. The summed E-state index contributed by atoms with van der Waals surface area (Å²) in [5.41, 5.74) is 13.2. The number of ether oxygens (including phenoxy) is 1. The first-order chi connectivity index (χ1) is 31.7. The Morgan fingerprint density at radius 3 is 1.11 bits per heavy atom. The Bertz CT molecular complexity index is 3030. The largest absolute Gasteiger partial charge is 0.453 e. The topological polar surface area (TPSA) is 54.4 Å². The number of para-hydroxylation sites is 6. The number of rotatable bonds is 7. The molecule has 2 aliphatic heterocycles. The molecule has 0 spiro atoms. The number of nitrogens with zero attached hydrogens (tertiary/aromatic N) is 5. The summed E-state index contributed by atoms with van der Waals surface area (Å²) in [6.45, 7) is 0. The zero-order chi connectivity index (χ0) is 42.4. The van der Waals surface area contributed by atoms with Crippen molar-refractivity contribution in [3.05, 3.63) is 224 Å². The summed E-state index contributed by atoms with van der Waals surface area (Å²) >= 11 is 1.79. The second-order valence-corrected chi connectivity index (χ2v) is 16.8. The maximum absolute atomic E-state index is 6.50. The van der Waals surface area contributed by atoms with Crippen molar-refractivity contribution in [1.82, 2.24) is 15.0 Å². The first-order valence-corrected chi connectivity index (χ1v) is 22.1. The molecular weight excluding hydrogens is 803 g/mol. The van der Waals surface area contributed by atoms with Crippen LogP contribution in [-0.4, -0.2) is 15.0 Å². The first kappa shape index (κ1) is 37.5. The van der Waals surface area contributed by atoms with Gasteiger partial charge in [0.25, 0.3) is 0 Å². The van der Waals surface area contributed by atoms with Crippen molar-refractivity contribution < 1.29 is 4.74 Å². The van der Waals surface area contributed by atoms with Gasteiger partial charge in [0.15, 0.2) is 29.0 Å². The molecule has 0 fully saturated rings. The molecule has 1 aromatic heterocycles. The Balaban J connectivity index is 1.08. The van der Waals surface area contributed by atoms with Crippen LogP contribution in [0, 0.1) is 0 Å². The molecule has 64 heavy (non-hydrogen) atoms. The SMILES string of the molecule is c1ccc(-c2ccc(-c3nc(-c4ccc(-c5ccccc5)cc4)nc(-c4cc(N5c6ccccc6Oc6ccccc65)cc(N5c6ccccc6Sc6ccccc65)c4)n3)cc2)cc1. The second-order valence-electron chi connectivity index (χ2n) is 15.7. The third-order valence-corrected chi connectivity index (χ3v) is 12.8. The summed E-state index contributed by atoms with van der Waals surface area (Å²) in [4.78, 5) is 22.8. The number of hydrogen-bond donors (Lipinski definition) is 0. The lowest BCUT2D eigenvalue weighted by molar-refractivity contribution is 0.477. The van der Waals surface area contributed by atoms with Crippen LogP contribution in [0.4, 0.5) is 34.1 Å². The fraction of sp³-hybridized carbons (Fsp3) is 0. The summed E-state index contributed by atoms with van der Waals surface area (Å²) in [7, 11) is 0. The lowest BCUT2D eigenvalue weighted by Gasteiger charge is -2.36. The minimum absolute atomic E-state index is 0.560. The zero-order valence-electron chi connectivity index (χ0n) is 34.4. The van der Waals surface area contributed by atoms with E-state index in [9.17, 15) is 0 Å². The smallest absolute Gasteiger partial charge is 0.164 e. The van der Waals surface area contributed by atoms with Crippen LogP contribution < -0.4 is 14.5 Å². The zero-order valence-corrected chi connectivity index (χ0v) is 35.2. The van der Waals surface area contributed by atoms with E-state index in [0.29, 0.717) is 17.5 Å². The van der Waals surface area contributed by atoms with Crippen LogP contribution in [-0.2, 0) is 0 Å². The summed E-state index contributed by atoms with van der Waals surface area (Å²) in [5, 5.41) is 0. The van der Waals surface area contributed by atoms with Crippen LogP contribution in [0.1, 0.15) is 0 Å². The maximum Gasteiger partial charge on any atom is 0.164 e. The van der Waals surface area contributed by atoms with E-state index < -0.39 is 0 Å². The van der Waals surface area contributed by atoms with E-state index in [1.807, 2.05) is 36.4 Å². The lowest BCUT2D eigenvalue weighted by atomic mass is 10.0. The molecule has 0 saturated heterocycles. The predicted octanol–water partition coefficient (Wildman–Crippen LogP) is 15.7. The number of anilines is 6. The van der Waals surface area contributed by atoms with Gasteiger partial charge in [0, 0.05) is 37.9 Å². The molecule has 9 aromatic carbocycles. The van der Waals surface area contributed by atoms with Crippen molar-refractivity contribution in [3.63, 3.8) is 0 Å². The molecular formula is C57H37N5OS. The Morgan fingerprint density at radius 1 is 0.297 bits per heavy atom. The molecule has 10 aromatic rings. The average molecular weight is 840 g/mol. The van der Waals surface area contributed by atoms with Crippen molar-refractivity contribution in [3.8, 4) is 67.9 Å². The summed E-state index contributed by atoms with van der Waals surface area (Å²) in [6.07, 6.45) is 0. The predicted molar refractivity (Wildman–Crippen MR) is 261 cm³/mol.